The van der Waals surface area contributed by atoms with Crippen molar-refractivity contribution in [1.29, 1.82) is 0 Å². The molecule has 7 heteroatoms. The molecule has 2 heterocycles. The van der Waals surface area contributed by atoms with Gasteiger partial charge in [-0.25, -0.2) is 4.79 Å². The fourth-order valence-electron chi connectivity index (χ4n) is 3.19. The number of nitrogens with zero attached hydrogens (tertiary/aromatic N) is 1. The molecule has 7 nitrogen and oxygen atoms in total. The molecule has 0 radical (unpaired) electrons. The van der Waals surface area contributed by atoms with Gasteiger partial charge < -0.3 is 19.9 Å². The van der Waals surface area contributed by atoms with Crippen LogP contribution in [0.2, 0.25) is 0 Å². The van der Waals surface area contributed by atoms with E-state index in [-0.39, 0.29) is 23.6 Å². The maximum Gasteiger partial charge on any atom is 0.410 e. The molecule has 0 unspecified atom stereocenters. The van der Waals surface area contributed by atoms with Crippen LogP contribution in [0.1, 0.15) is 44.0 Å². The Balaban J connectivity index is 1.64. The lowest BCUT2D eigenvalue weighted by atomic mass is 10.0. The molecule has 1 aromatic heterocycles. The van der Waals surface area contributed by atoms with E-state index in [0.29, 0.717) is 42.4 Å². The maximum atomic E-state index is 12.7. The summed E-state index contributed by atoms with van der Waals surface area (Å²) in [6, 6.07) is 8.50. The molecule has 2 aromatic rings. The van der Waals surface area contributed by atoms with Crippen molar-refractivity contribution >= 4 is 22.9 Å². The molecule has 1 fully saturated rings. The molecule has 2 N–H and O–H groups in total. The summed E-state index contributed by atoms with van der Waals surface area (Å²) in [6.07, 6.45) is 0.964. The second-order valence-electron chi connectivity index (χ2n) is 7.81. The summed E-state index contributed by atoms with van der Waals surface area (Å²) in [5.41, 5.74) is 0.168. The highest BCUT2D eigenvalue weighted by Crippen LogP contribution is 2.18. The summed E-state index contributed by atoms with van der Waals surface area (Å²) >= 11 is 0. The smallest absolute Gasteiger partial charge is 0.410 e. The van der Waals surface area contributed by atoms with Crippen LogP contribution in [0.25, 0.3) is 10.9 Å². The van der Waals surface area contributed by atoms with E-state index >= 15 is 0 Å². The van der Waals surface area contributed by atoms with Crippen LogP contribution >= 0.6 is 0 Å². The summed E-state index contributed by atoms with van der Waals surface area (Å²) in [5, 5.41) is 3.70. The monoisotopic (exact) mass is 371 g/mol. The van der Waals surface area contributed by atoms with Gasteiger partial charge in [0.05, 0.1) is 5.56 Å². The number of hydrogen-bond donors (Lipinski definition) is 2. The quantitative estimate of drug-likeness (QED) is 0.849. The zero-order valence-electron chi connectivity index (χ0n) is 15.9. The topological polar surface area (TPSA) is 91.5 Å². The number of aromatic amines is 1. The third-order valence-electron chi connectivity index (χ3n) is 4.48. The fraction of sp³-hybridized carbons (Fsp3) is 0.450. The number of carbonyl (C=O) groups is 2. The number of nitrogens with one attached hydrogen (secondary N) is 2. The Kier molecular flexibility index (Phi) is 5.21. The normalized spacial score (nSPS) is 15.6. The summed E-state index contributed by atoms with van der Waals surface area (Å²) < 4.78 is 5.39. The third kappa shape index (κ3) is 4.67. The van der Waals surface area contributed by atoms with Gasteiger partial charge in [0.2, 0.25) is 5.56 Å². The number of amides is 2. The average Bonchev–Trinajstić information content (AvgIpc) is 2.60. The number of benzene rings is 1. The predicted molar refractivity (Wildman–Crippen MR) is 103 cm³/mol. The zero-order chi connectivity index (χ0) is 19.6. The molecule has 1 aliphatic rings. The van der Waals surface area contributed by atoms with Crippen LogP contribution in [-0.2, 0) is 4.74 Å². The SMILES string of the molecule is CC(C)(C)OC(=O)N1CCC(NC(=O)c2cc(=O)[nH]c3ccccc23)CC1. The number of hydrogen-bond acceptors (Lipinski definition) is 4. The molecule has 1 aromatic carbocycles. The van der Waals surface area contributed by atoms with E-state index in [9.17, 15) is 14.4 Å². The summed E-state index contributed by atoms with van der Waals surface area (Å²) in [6.45, 7) is 6.56. The summed E-state index contributed by atoms with van der Waals surface area (Å²) in [7, 11) is 0. The van der Waals surface area contributed by atoms with Crippen molar-refractivity contribution in [1.82, 2.24) is 15.2 Å². The van der Waals surface area contributed by atoms with Gasteiger partial charge in [-0.2, -0.15) is 0 Å². The number of piperidine rings is 1. The second kappa shape index (κ2) is 7.42. The number of rotatable bonds is 2. The number of likely N-dealkylation sites (tertiary alicyclic amines) is 1. The number of aromatic nitrogens is 1. The van der Waals surface area contributed by atoms with Crippen molar-refractivity contribution in [3.8, 4) is 0 Å². The molecule has 0 bridgehead atoms. The van der Waals surface area contributed by atoms with Crippen LogP contribution < -0.4 is 10.9 Å². The van der Waals surface area contributed by atoms with E-state index in [1.54, 1.807) is 11.0 Å². The van der Waals surface area contributed by atoms with Crippen molar-refractivity contribution in [2.45, 2.75) is 45.3 Å². The Morgan fingerprint density at radius 1 is 1.19 bits per heavy atom. The number of pyridine rings is 1. The fourth-order valence-corrected chi connectivity index (χ4v) is 3.19. The largest absolute Gasteiger partial charge is 0.444 e. The van der Waals surface area contributed by atoms with Gasteiger partial charge in [0.25, 0.3) is 5.91 Å². The van der Waals surface area contributed by atoms with Gasteiger partial charge in [-0.3, -0.25) is 9.59 Å². The molecule has 2 amide bonds. The molecular formula is C20H25N3O4. The Morgan fingerprint density at radius 3 is 2.52 bits per heavy atom. The van der Waals surface area contributed by atoms with E-state index in [1.807, 2.05) is 39.0 Å². The summed E-state index contributed by atoms with van der Waals surface area (Å²) in [4.78, 5) is 41.1. The number of carbonyl (C=O) groups excluding carboxylic acids is 2. The standard InChI is InChI=1S/C20H25N3O4/c1-20(2,3)27-19(26)23-10-8-13(9-11-23)21-18(25)15-12-17(24)22-16-7-5-4-6-14(15)16/h4-7,12-13H,8-11H2,1-3H3,(H,21,25)(H,22,24). The Hall–Kier alpha value is -2.83. The highest BCUT2D eigenvalue weighted by molar-refractivity contribution is 6.06. The molecule has 3 rings (SSSR count). The highest BCUT2D eigenvalue weighted by Gasteiger charge is 2.28. The Bertz CT molecular complexity index is 905. The van der Waals surface area contributed by atoms with Crippen LogP contribution in [0.15, 0.2) is 35.1 Å². The average molecular weight is 371 g/mol. The van der Waals surface area contributed by atoms with Crippen molar-refractivity contribution in [3.63, 3.8) is 0 Å². The zero-order valence-corrected chi connectivity index (χ0v) is 15.9. The lowest BCUT2D eigenvalue weighted by molar-refractivity contribution is 0.0199. The van der Waals surface area contributed by atoms with Gasteiger partial charge >= 0.3 is 6.09 Å². The van der Waals surface area contributed by atoms with Crippen molar-refractivity contribution in [2.75, 3.05) is 13.1 Å². The molecule has 0 saturated carbocycles. The lowest BCUT2D eigenvalue weighted by Gasteiger charge is -2.33. The molecule has 0 atom stereocenters. The first-order valence-electron chi connectivity index (χ1n) is 9.14. The highest BCUT2D eigenvalue weighted by atomic mass is 16.6. The second-order valence-corrected chi connectivity index (χ2v) is 7.81. The van der Waals surface area contributed by atoms with Crippen LogP contribution in [0.5, 0.6) is 0 Å². The minimum Gasteiger partial charge on any atom is -0.444 e. The minimum atomic E-state index is -0.524. The lowest BCUT2D eigenvalue weighted by Crippen LogP contribution is -2.47. The number of ether oxygens (including phenoxy) is 1. The Morgan fingerprint density at radius 2 is 1.85 bits per heavy atom. The van der Waals surface area contributed by atoms with Gasteiger partial charge in [0, 0.05) is 36.1 Å². The van der Waals surface area contributed by atoms with Crippen LogP contribution in [0.4, 0.5) is 4.79 Å². The summed E-state index contributed by atoms with van der Waals surface area (Å²) in [5.74, 6) is -0.270. The first-order chi connectivity index (χ1) is 12.7. The minimum absolute atomic E-state index is 0.0470. The Labute approximate surface area is 157 Å². The van der Waals surface area contributed by atoms with Gasteiger partial charge in [-0.15, -0.1) is 0 Å². The van der Waals surface area contributed by atoms with Crippen molar-refractivity contribution in [2.24, 2.45) is 0 Å². The third-order valence-corrected chi connectivity index (χ3v) is 4.48. The molecule has 0 aliphatic carbocycles. The van der Waals surface area contributed by atoms with E-state index in [0.717, 1.165) is 0 Å². The van der Waals surface area contributed by atoms with E-state index < -0.39 is 5.60 Å². The number of H-pyrrole nitrogens is 1. The molecular weight excluding hydrogens is 346 g/mol. The van der Waals surface area contributed by atoms with Crippen LogP contribution in [-0.4, -0.2) is 46.6 Å². The van der Waals surface area contributed by atoms with Crippen LogP contribution in [0, 0.1) is 0 Å². The number of para-hydroxylation sites is 1. The molecule has 0 spiro atoms. The number of fused-ring (bicyclic) bond motifs is 1. The van der Waals surface area contributed by atoms with Gasteiger partial charge in [-0.05, 0) is 39.7 Å². The van der Waals surface area contributed by atoms with Gasteiger partial charge in [0.15, 0.2) is 0 Å². The van der Waals surface area contributed by atoms with Gasteiger partial charge in [0.1, 0.15) is 5.60 Å². The molecule has 144 valence electrons. The van der Waals surface area contributed by atoms with E-state index in [4.69, 9.17) is 4.74 Å². The predicted octanol–water partition coefficient (Wildman–Crippen LogP) is 2.66. The van der Waals surface area contributed by atoms with E-state index in [1.165, 1.54) is 6.07 Å². The molecule has 1 saturated heterocycles. The van der Waals surface area contributed by atoms with Crippen LogP contribution in [0.3, 0.4) is 0 Å². The van der Waals surface area contributed by atoms with Gasteiger partial charge in [-0.1, -0.05) is 18.2 Å². The van der Waals surface area contributed by atoms with E-state index in [2.05, 4.69) is 10.3 Å². The first kappa shape index (κ1) is 18.9. The molecule has 27 heavy (non-hydrogen) atoms. The van der Waals surface area contributed by atoms with Crippen molar-refractivity contribution < 1.29 is 14.3 Å². The first-order valence-corrected chi connectivity index (χ1v) is 9.14. The maximum absolute atomic E-state index is 12.7. The van der Waals surface area contributed by atoms with Crippen molar-refractivity contribution in [3.05, 3.63) is 46.2 Å². The molecule has 1 aliphatic heterocycles.